The quantitative estimate of drug-likeness (QED) is 0.154. The summed E-state index contributed by atoms with van der Waals surface area (Å²) in [6.07, 6.45) is 0. The zero-order valence-corrected chi connectivity index (χ0v) is 33.4. The Morgan fingerprint density at radius 3 is 1.36 bits per heavy atom. The van der Waals surface area contributed by atoms with Crippen LogP contribution in [-0.2, 0) is 0 Å². The van der Waals surface area contributed by atoms with E-state index in [4.69, 9.17) is 10.1 Å². The fraction of sp³-hybridized carbons (Fsp3) is 0. The maximum Gasteiger partial charge on any atom is 0.101 e. The molecule has 61 heavy (non-hydrogen) atoms. The third kappa shape index (κ3) is 6.78. The Hall–Kier alpha value is -8.14. The largest absolute Gasteiger partial charge is 0.248 e. The number of pyridine rings is 2. The molecule has 11 rings (SSSR count). The summed E-state index contributed by atoms with van der Waals surface area (Å²) in [6, 6.07) is 84.0. The molecule has 0 aliphatic rings. The summed E-state index contributed by atoms with van der Waals surface area (Å²) < 4.78 is 2.17. The van der Waals surface area contributed by atoms with Gasteiger partial charge in [-0.05, 0) is 68.6 Å². The van der Waals surface area contributed by atoms with Crippen molar-refractivity contribution in [2.75, 3.05) is 0 Å². The minimum atomic E-state index is 0.958. The van der Waals surface area contributed by atoms with E-state index < -0.39 is 0 Å². The van der Waals surface area contributed by atoms with E-state index in [1.807, 2.05) is 12.1 Å². The van der Waals surface area contributed by atoms with Gasteiger partial charge in [0.1, 0.15) is 5.69 Å². The molecule has 0 amide bonds. The molecule has 3 heteroatoms. The molecule has 0 radical (unpaired) electrons. The van der Waals surface area contributed by atoms with E-state index in [1.54, 1.807) is 0 Å². The Kier molecular flexibility index (Phi) is 9.18. The summed E-state index contributed by atoms with van der Waals surface area (Å²) in [6.45, 7) is 0. The predicted molar refractivity (Wildman–Crippen MR) is 254 cm³/mol. The number of nitrogens with zero attached hydrogens (tertiary/aromatic N) is 3. The fourth-order valence-electron chi connectivity index (χ4n) is 8.64. The van der Waals surface area contributed by atoms with Crippen LogP contribution in [0, 0.1) is 0 Å². The number of hydrogen-bond acceptors (Lipinski definition) is 2. The first kappa shape index (κ1) is 36.0. The van der Waals surface area contributed by atoms with E-state index in [0.29, 0.717) is 0 Å². The highest BCUT2D eigenvalue weighted by Crippen LogP contribution is 2.43. The predicted octanol–water partition coefficient (Wildman–Crippen LogP) is 15.2. The number of benzene rings is 8. The lowest BCUT2D eigenvalue weighted by Crippen LogP contribution is -1.96. The smallest absolute Gasteiger partial charge is 0.101 e. The molecule has 0 aliphatic heterocycles. The number of aromatic nitrogens is 3. The Labute approximate surface area is 355 Å². The molecule has 0 fully saturated rings. The molecular weight excluding hydrogens is 739 g/mol. The minimum Gasteiger partial charge on any atom is -0.248 e. The molecule has 0 unspecified atom stereocenters. The van der Waals surface area contributed by atoms with Gasteiger partial charge >= 0.3 is 0 Å². The van der Waals surface area contributed by atoms with E-state index in [1.165, 1.54) is 10.9 Å². The molecule has 0 saturated carbocycles. The molecule has 0 N–H and O–H groups in total. The van der Waals surface area contributed by atoms with Gasteiger partial charge in [-0.1, -0.05) is 212 Å². The second-order valence-electron chi connectivity index (χ2n) is 15.4. The van der Waals surface area contributed by atoms with Gasteiger partial charge in [0.2, 0.25) is 0 Å². The topological polar surface area (TPSA) is 30.2 Å². The molecule has 3 heterocycles. The molecule has 0 spiro atoms. The highest BCUT2D eigenvalue weighted by atomic mass is 15.2. The summed E-state index contributed by atoms with van der Waals surface area (Å²) in [5.41, 5.74) is 18.6. The van der Waals surface area contributed by atoms with E-state index in [2.05, 4.69) is 229 Å². The molecule has 0 atom stereocenters. The van der Waals surface area contributed by atoms with Gasteiger partial charge in [-0.25, -0.2) is 9.50 Å². The number of fused-ring (bicyclic) bond motifs is 3. The normalized spacial score (nSPS) is 11.3. The van der Waals surface area contributed by atoms with Crippen molar-refractivity contribution in [2.24, 2.45) is 0 Å². The molecule has 3 nitrogen and oxygen atoms in total. The Morgan fingerprint density at radius 2 is 0.770 bits per heavy atom. The van der Waals surface area contributed by atoms with Crippen molar-refractivity contribution < 1.29 is 0 Å². The van der Waals surface area contributed by atoms with Crippen molar-refractivity contribution >= 4 is 16.3 Å². The molecule has 286 valence electrons. The van der Waals surface area contributed by atoms with Crippen LogP contribution in [0.5, 0.6) is 0 Å². The zero-order valence-electron chi connectivity index (χ0n) is 33.4. The van der Waals surface area contributed by atoms with E-state index in [9.17, 15) is 0 Å². The molecule has 0 saturated heterocycles. The van der Waals surface area contributed by atoms with Crippen molar-refractivity contribution in [3.8, 4) is 89.5 Å². The maximum atomic E-state index is 5.42. The monoisotopic (exact) mass is 777 g/mol. The summed E-state index contributed by atoms with van der Waals surface area (Å²) >= 11 is 0. The van der Waals surface area contributed by atoms with E-state index in [0.717, 1.165) is 94.9 Å². The van der Waals surface area contributed by atoms with Crippen molar-refractivity contribution in [1.29, 1.82) is 0 Å². The second-order valence-corrected chi connectivity index (χ2v) is 15.4. The molecule has 0 aliphatic carbocycles. The Morgan fingerprint density at radius 1 is 0.295 bits per heavy atom. The first-order chi connectivity index (χ1) is 30.2. The summed E-state index contributed by atoms with van der Waals surface area (Å²) in [5.74, 6) is 0. The van der Waals surface area contributed by atoms with Crippen LogP contribution in [0.1, 0.15) is 0 Å². The third-order valence-corrected chi connectivity index (χ3v) is 11.6. The van der Waals surface area contributed by atoms with Gasteiger partial charge in [-0.2, -0.15) is 5.10 Å². The third-order valence-electron chi connectivity index (χ3n) is 11.6. The Bertz CT molecular complexity index is 3250. The second kappa shape index (κ2) is 15.6. The summed E-state index contributed by atoms with van der Waals surface area (Å²) in [7, 11) is 0. The maximum absolute atomic E-state index is 5.42. The van der Waals surface area contributed by atoms with Gasteiger partial charge in [0.05, 0.1) is 22.6 Å². The first-order valence-electron chi connectivity index (χ1n) is 20.7. The van der Waals surface area contributed by atoms with Crippen molar-refractivity contribution in [3.05, 3.63) is 237 Å². The minimum absolute atomic E-state index is 0.958. The van der Waals surface area contributed by atoms with Crippen LogP contribution < -0.4 is 0 Å². The average molecular weight is 778 g/mol. The lowest BCUT2D eigenvalue weighted by Gasteiger charge is -2.15. The zero-order chi connectivity index (χ0) is 40.5. The van der Waals surface area contributed by atoms with E-state index >= 15 is 0 Å². The highest BCUT2D eigenvalue weighted by Gasteiger charge is 2.22. The van der Waals surface area contributed by atoms with Gasteiger partial charge in [-0.3, -0.25) is 0 Å². The number of hydrogen-bond donors (Lipinski definition) is 0. The van der Waals surface area contributed by atoms with Crippen LogP contribution in [0.15, 0.2) is 237 Å². The van der Waals surface area contributed by atoms with E-state index in [-0.39, 0.29) is 0 Å². The SMILES string of the molecule is c1ccc(-c2cc(-c3ccc(-c4cccc(-c5cccc6c5cc(-c5ccccc5)n5nc(-c7ccccc7)c(-c7ccccc7)c65)c4)cc3)cc(-c3ccccc3)n2)cc1. The van der Waals surface area contributed by atoms with Gasteiger partial charge in [0, 0.05) is 33.2 Å². The standard InChI is InChI=1S/C58H39N3/c1-6-18-42(19-7-1)53-37-49(38-54(59-53)43-20-8-2-9-21-43)41-34-32-40(33-35-41)47-28-16-29-48(36-47)50-30-17-31-51-52(50)39-55(44-22-10-3-11-23-44)61-58(51)56(45-24-12-4-13-25-45)57(60-61)46-26-14-5-15-27-46/h1-39H. The van der Waals surface area contributed by atoms with Crippen molar-refractivity contribution in [2.45, 2.75) is 0 Å². The van der Waals surface area contributed by atoms with Crippen LogP contribution in [0.4, 0.5) is 0 Å². The molecule has 8 aromatic carbocycles. The molecule has 0 bridgehead atoms. The average Bonchev–Trinajstić information content (AvgIpc) is 3.76. The first-order valence-corrected chi connectivity index (χ1v) is 20.7. The molecule has 11 aromatic rings. The van der Waals surface area contributed by atoms with Crippen LogP contribution in [0.3, 0.4) is 0 Å². The van der Waals surface area contributed by atoms with Crippen LogP contribution in [0.2, 0.25) is 0 Å². The van der Waals surface area contributed by atoms with Crippen LogP contribution in [0.25, 0.3) is 106 Å². The Balaban J connectivity index is 1.04. The van der Waals surface area contributed by atoms with Gasteiger partial charge in [0.25, 0.3) is 0 Å². The van der Waals surface area contributed by atoms with Gasteiger partial charge in [-0.15, -0.1) is 0 Å². The highest BCUT2D eigenvalue weighted by molar-refractivity contribution is 6.12. The number of rotatable bonds is 8. The molecular formula is C58H39N3. The summed E-state index contributed by atoms with van der Waals surface area (Å²) in [4.78, 5) is 5.09. The lowest BCUT2D eigenvalue weighted by molar-refractivity contribution is 0.979. The van der Waals surface area contributed by atoms with Gasteiger partial charge < -0.3 is 0 Å². The van der Waals surface area contributed by atoms with Crippen molar-refractivity contribution in [3.63, 3.8) is 0 Å². The summed E-state index contributed by atoms with van der Waals surface area (Å²) in [5, 5.41) is 7.76. The van der Waals surface area contributed by atoms with Crippen LogP contribution in [-0.4, -0.2) is 14.6 Å². The van der Waals surface area contributed by atoms with Crippen molar-refractivity contribution in [1.82, 2.24) is 14.6 Å². The lowest BCUT2D eigenvalue weighted by atomic mass is 9.92. The fourth-order valence-corrected chi connectivity index (χ4v) is 8.64. The molecule has 3 aromatic heterocycles. The van der Waals surface area contributed by atoms with Crippen LogP contribution >= 0.6 is 0 Å². The van der Waals surface area contributed by atoms with Gasteiger partial charge in [0.15, 0.2) is 0 Å².